The Balaban J connectivity index is 1.49. The molecule has 1 aromatic carbocycles. The van der Waals surface area contributed by atoms with Crippen molar-refractivity contribution in [3.05, 3.63) is 40.3 Å². The number of piperidine rings is 1. The van der Waals surface area contributed by atoms with Gasteiger partial charge in [0.15, 0.2) is 11.5 Å². The van der Waals surface area contributed by atoms with Gasteiger partial charge >= 0.3 is 0 Å². The average molecular weight is 401 g/mol. The Labute approximate surface area is 168 Å². The quantitative estimate of drug-likeness (QED) is 0.789. The normalized spacial score (nSPS) is 30.6. The maximum atomic E-state index is 13.0. The summed E-state index contributed by atoms with van der Waals surface area (Å²) in [5, 5.41) is 12.1. The van der Waals surface area contributed by atoms with Crippen LogP contribution in [0.4, 0.5) is 0 Å². The van der Waals surface area contributed by atoms with E-state index in [4.69, 9.17) is 9.47 Å². The predicted molar refractivity (Wildman–Crippen MR) is 105 cm³/mol. The number of nitrogens with zero attached hydrogens (tertiary/aromatic N) is 2. The fourth-order valence-electron chi connectivity index (χ4n) is 5.00. The topological polar surface area (TPSA) is 71.9 Å². The monoisotopic (exact) mass is 400 g/mol. The van der Waals surface area contributed by atoms with Crippen molar-refractivity contribution >= 4 is 17.2 Å². The lowest BCUT2D eigenvalue weighted by Crippen LogP contribution is -2.60. The first kappa shape index (κ1) is 17.9. The first-order chi connectivity index (χ1) is 13.5. The molecule has 28 heavy (non-hydrogen) atoms. The van der Waals surface area contributed by atoms with Gasteiger partial charge in [-0.3, -0.25) is 4.79 Å². The number of para-hydroxylation sites is 1. The van der Waals surface area contributed by atoms with Crippen LogP contribution < -0.4 is 4.74 Å². The zero-order valence-corrected chi connectivity index (χ0v) is 16.8. The number of rotatable bonds is 1. The molecular weight excluding hydrogens is 376 g/mol. The number of carbonyl (C=O) groups is 1. The summed E-state index contributed by atoms with van der Waals surface area (Å²) in [6, 6.07) is 5.48. The van der Waals surface area contributed by atoms with Crippen LogP contribution in [0, 0.1) is 5.92 Å². The summed E-state index contributed by atoms with van der Waals surface area (Å²) in [7, 11) is 0. The molecule has 4 atom stereocenters. The van der Waals surface area contributed by atoms with Gasteiger partial charge < -0.3 is 19.5 Å². The van der Waals surface area contributed by atoms with Crippen LogP contribution in [-0.4, -0.2) is 45.2 Å². The molecule has 2 saturated heterocycles. The van der Waals surface area contributed by atoms with E-state index in [1.807, 2.05) is 36.3 Å². The number of hydrogen-bond donors (Lipinski definition) is 1. The van der Waals surface area contributed by atoms with Gasteiger partial charge in [0.1, 0.15) is 11.3 Å². The minimum atomic E-state index is -0.506. The molecule has 3 aliphatic rings. The Morgan fingerprint density at radius 1 is 1.39 bits per heavy atom. The molecule has 0 radical (unpaired) electrons. The number of aromatic hydroxyl groups is 1. The van der Waals surface area contributed by atoms with Gasteiger partial charge in [-0.25, -0.2) is 4.98 Å². The van der Waals surface area contributed by atoms with Crippen molar-refractivity contribution in [1.82, 2.24) is 9.88 Å². The van der Waals surface area contributed by atoms with Crippen molar-refractivity contribution in [3.8, 4) is 11.5 Å². The second-order valence-electron chi connectivity index (χ2n) is 8.42. The Bertz CT molecular complexity index is 898. The van der Waals surface area contributed by atoms with Gasteiger partial charge in [0, 0.05) is 23.4 Å². The number of fused-ring (bicyclic) bond motifs is 4. The van der Waals surface area contributed by atoms with E-state index in [1.54, 1.807) is 11.6 Å². The maximum absolute atomic E-state index is 13.0. The lowest BCUT2D eigenvalue weighted by molar-refractivity contribution is -0.184. The van der Waals surface area contributed by atoms with Crippen LogP contribution in [-0.2, 0) is 4.74 Å². The predicted octanol–water partition coefficient (Wildman–Crippen LogP) is 3.77. The zero-order chi connectivity index (χ0) is 19.5. The van der Waals surface area contributed by atoms with Gasteiger partial charge in [-0.05, 0) is 39.2 Å². The number of ether oxygens (including phenoxy) is 2. The molecule has 7 heteroatoms. The number of likely N-dealkylation sites (tertiary alicyclic amines) is 1. The van der Waals surface area contributed by atoms with E-state index < -0.39 is 5.60 Å². The Kier molecular flexibility index (Phi) is 4.14. The number of benzene rings is 1. The third-order valence-electron chi connectivity index (χ3n) is 6.40. The number of phenolic OH excluding ortho intramolecular Hbond substituents is 1. The second-order valence-corrected chi connectivity index (χ2v) is 9.14. The van der Waals surface area contributed by atoms with E-state index >= 15 is 0 Å². The lowest BCUT2D eigenvalue weighted by Gasteiger charge is -2.54. The molecule has 6 nitrogen and oxygen atoms in total. The van der Waals surface area contributed by atoms with Crippen molar-refractivity contribution in [2.75, 3.05) is 6.54 Å². The number of aromatic nitrogens is 1. The summed E-state index contributed by atoms with van der Waals surface area (Å²) in [5.41, 5.74) is 2.62. The summed E-state index contributed by atoms with van der Waals surface area (Å²) in [6.07, 6.45) is 2.52. The number of thiazole rings is 1. The number of amides is 1. The number of phenols is 1. The van der Waals surface area contributed by atoms with Crippen molar-refractivity contribution in [1.29, 1.82) is 0 Å². The Morgan fingerprint density at radius 2 is 2.25 bits per heavy atom. The summed E-state index contributed by atoms with van der Waals surface area (Å²) < 4.78 is 12.8. The molecule has 1 N–H and O–H groups in total. The largest absolute Gasteiger partial charge is 0.504 e. The fraction of sp³-hybridized carbons (Fsp3) is 0.524. The zero-order valence-electron chi connectivity index (χ0n) is 16.0. The van der Waals surface area contributed by atoms with E-state index in [-0.39, 0.29) is 35.8 Å². The van der Waals surface area contributed by atoms with E-state index in [0.29, 0.717) is 11.4 Å². The number of carbonyl (C=O) groups excluding carboxylic acids is 1. The van der Waals surface area contributed by atoms with Gasteiger partial charge in [-0.1, -0.05) is 12.1 Å². The van der Waals surface area contributed by atoms with Crippen LogP contribution in [0.2, 0.25) is 0 Å². The van der Waals surface area contributed by atoms with Gasteiger partial charge in [0.25, 0.3) is 5.91 Å². The maximum Gasteiger partial charge on any atom is 0.273 e. The minimum absolute atomic E-state index is 0.00872. The molecule has 0 bridgehead atoms. The SMILES string of the molecule is CC1(C)Oc2c(O)cccc2[C@@H]2O[C@@H]3CCCN(C(=O)c4cscn4)[C@@H]3C[C@H]21. The lowest BCUT2D eigenvalue weighted by atomic mass is 9.72. The molecule has 0 unspecified atom stereocenters. The molecule has 2 fully saturated rings. The standard InChI is InChI=1S/C21H24N2O4S/c1-21(2)13-9-15-17(7-4-8-23(15)20(25)14-10-28-11-22-14)26-18(13)12-5-3-6-16(24)19(12)27-21/h3,5-6,10-11,13,15,17-18,24H,4,7-9H2,1-2H3/t13-,15-,17-,18+/m1/s1. The first-order valence-electron chi connectivity index (χ1n) is 9.81. The molecule has 3 aliphatic heterocycles. The number of hydrogen-bond acceptors (Lipinski definition) is 6. The highest BCUT2D eigenvalue weighted by atomic mass is 32.1. The van der Waals surface area contributed by atoms with E-state index in [0.717, 1.165) is 31.4 Å². The van der Waals surface area contributed by atoms with E-state index in [1.165, 1.54) is 11.3 Å². The van der Waals surface area contributed by atoms with Crippen molar-refractivity contribution < 1.29 is 19.4 Å². The van der Waals surface area contributed by atoms with E-state index in [9.17, 15) is 9.90 Å². The summed E-state index contributed by atoms with van der Waals surface area (Å²) >= 11 is 1.44. The Hall–Kier alpha value is -2.12. The first-order valence-corrected chi connectivity index (χ1v) is 10.8. The molecule has 4 heterocycles. The molecule has 1 aromatic heterocycles. The van der Waals surface area contributed by atoms with Gasteiger partial charge in [0.05, 0.1) is 23.8 Å². The molecule has 2 aromatic rings. The smallest absolute Gasteiger partial charge is 0.273 e. The highest BCUT2D eigenvalue weighted by Gasteiger charge is 2.53. The van der Waals surface area contributed by atoms with Crippen LogP contribution in [0.25, 0.3) is 0 Å². The van der Waals surface area contributed by atoms with Crippen LogP contribution >= 0.6 is 11.3 Å². The summed E-state index contributed by atoms with van der Waals surface area (Å²) in [4.78, 5) is 19.2. The molecule has 0 spiro atoms. The molecule has 1 amide bonds. The average Bonchev–Trinajstić information content (AvgIpc) is 3.21. The minimum Gasteiger partial charge on any atom is -0.504 e. The van der Waals surface area contributed by atoms with E-state index in [2.05, 4.69) is 4.98 Å². The Morgan fingerprint density at radius 3 is 3.04 bits per heavy atom. The summed E-state index contributed by atoms with van der Waals surface area (Å²) in [6.45, 7) is 4.81. The van der Waals surface area contributed by atoms with Gasteiger partial charge in [-0.15, -0.1) is 11.3 Å². The molecular formula is C21H24N2O4S. The van der Waals surface area contributed by atoms with Crippen LogP contribution in [0.15, 0.2) is 29.1 Å². The molecule has 0 saturated carbocycles. The third kappa shape index (κ3) is 2.71. The van der Waals surface area contributed by atoms with Crippen LogP contribution in [0.3, 0.4) is 0 Å². The van der Waals surface area contributed by atoms with Gasteiger partial charge in [0.2, 0.25) is 0 Å². The highest BCUT2D eigenvalue weighted by Crippen LogP contribution is 2.54. The van der Waals surface area contributed by atoms with Crippen molar-refractivity contribution in [2.24, 2.45) is 5.92 Å². The van der Waals surface area contributed by atoms with Crippen molar-refractivity contribution in [3.63, 3.8) is 0 Å². The molecule has 5 rings (SSSR count). The molecule has 148 valence electrons. The highest BCUT2D eigenvalue weighted by molar-refractivity contribution is 7.07. The second kappa shape index (κ2) is 6.46. The summed E-state index contributed by atoms with van der Waals surface area (Å²) in [5.74, 6) is 0.759. The van der Waals surface area contributed by atoms with Gasteiger partial charge in [-0.2, -0.15) is 0 Å². The third-order valence-corrected chi connectivity index (χ3v) is 6.99. The van der Waals surface area contributed by atoms with Crippen LogP contribution in [0.5, 0.6) is 11.5 Å². The molecule has 0 aliphatic carbocycles. The van der Waals surface area contributed by atoms with Crippen molar-refractivity contribution in [2.45, 2.75) is 57.0 Å². The fourth-order valence-corrected chi connectivity index (χ4v) is 5.52. The van der Waals surface area contributed by atoms with Crippen LogP contribution in [0.1, 0.15) is 55.3 Å².